The van der Waals surface area contributed by atoms with E-state index in [0.717, 1.165) is 50.0 Å². The summed E-state index contributed by atoms with van der Waals surface area (Å²) in [5.41, 5.74) is 7.08. The second-order valence-electron chi connectivity index (χ2n) is 10.5. The van der Waals surface area contributed by atoms with E-state index in [1.807, 2.05) is 42.4 Å². The molecule has 5 heteroatoms. The van der Waals surface area contributed by atoms with Crippen LogP contribution in [0, 0.1) is 6.85 Å². The Labute approximate surface area is 232 Å². The molecule has 7 rings (SSSR count). The van der Waals surface area contributed by atoms with Crippen molar-refractivity contribution < 1.29 is 9.05 Å². The normalized spacial score (nSPS) is 14.9. The van der Waals surface area contributed by atoms with E-state index < -0.39 is 6.85 Å². The lowest BCUT2D eigenvalue weighted by molar-refractivity contribution is 0.142. The molecule has 0 bridgehead atoms. The van der Waals surface area contributed by atoms with E-state index in [9.17, 15) is 0 Å². The standard InChI is InChI=1S/C34H30N4O/c1-23-18-19-35-33(20-23)37-29-13-6-5-12-27(29)28-17-16-25(22-32(28)37)34(2,3)24-10-9-11-26(21-24)38-31-15-8-7-14-30(31)36(4)39-38/h5-22H,1-4H3/i1D3. The Hall–Kier alpha value is -4.61. The van der Waals surface area contributed by atoms with Gasteiger partial charge in [-0.05, 0) is 72.1 Å². The minimum atomic E-state index is -2.22. The van der Waals surface area contributed by atoms with Gasteiger partial charge in [0.1, 0.15) is 5.82 Å². The highest BCUT2D eigenvalue weighted by Crippen LogP contribution is 2.43. The summed E-state index contributed by atoms with van der Waals surface area (Å²) in [5.74, 6) is 0.584. The Morgan fingerprint density at radius 3 is 2.38 bits per heavy atom. The van der Waals surface area contributed by atoms with E-state index in [0.29, 0.717) is 5.82 Å². The molecule has 1 aliphatic heterocycles. The summed E-state index contributed by atoms with van der Waals surface area (Å²) < 4.78 is 25.9. The number of hydrogen-bond acceptors (Lipinski definition) is 4. The van der Waals surface area contributed by atoms with Crippen LogP contribution in [-0.2, 0) is 10.4 Å². The van der Waals surface area contributed by atoms with Crippen molar-refractivity contribution in [3.05, 3.63) is 126 Å². The first-order chi connectivity index (χ1) is 20.1. The number of anilines is 3. The number of pyridine rings is 1. The number of rotatable bonds is 4. The van der Waals surface area contributed by atoms with Gasteiger partial charge in [-0.1, -0.05) is 68.4 Å². The number of hydrogen-bond donors (Lipinski definition) is 0. The number of aryl methyl sites for hydroxylation is 1. The lowest BCUT2D eigenvalue weighted by Gasteiger charge is -2.28. The molecule has 2 aromatic heterocycles. The molecular formula is C34H30N4O. The third-order valence-electron chi connectivity index (χ3n) is 7.82. The fourth-order valence-corrected chi connectivity index (χ4v) is 5.63. The second kappa shape index (κ2) is 8.72. The zero-order chi connectivity index (χ0) is 29.2. The highest BCUT2D eigenvalue weighted by atomic mass is 16.8. The molecule has 4 aromatic carbocycles. The van der Waals surface area contributed by atoms with Gasteiger partial charge in [-0.15, -0.1) is 4.94 Å². The largest absolute Gasteiger partial charge is 0.294 e. The van der Waals surface area contributed by atoms with Gasteiger partial charge in [0, 0.05) is 33.5 Å². The molecule has 0 unspecified atom stereocenters. The molecular weight excluding hydrogens is 480 g/mol. The maximum absolute atomic E-state index is 7.94. The van der Waals surface area contributed by atoms with Gasteiger partial charge in [-0.25, -0.2) is 10.0 Å². The predicted molar refractivity (Wildman–Crippen MR) is 160 cm³/mol. The molecule has 0 saturated carbocycles. The molecule has 0 amide bonds. The monoisotopic (exact) mass is 513 g/mol. The van der Waals surface area contributed by atoms with Crippen LogP contribution < -0.4 is 10.1 Å². The highest BCUT2D eigenvalue weighted by molar-refractivity contribution is 6.09. The maximum atomic E-state index is 7.94. The summed E-state index contributed by atoms with van der Waals surface area (Å²) in [6.07, 6.45) is 1.58. The number of para-hydroxylation sites is 3. The van der Waals surface area contributed by atoms with Crippen molar-refractivity contribution in [2.24, 2.45) is 0 Å². The lowest BCUT2D eigenvalue weighted by Crippen LogP contribution is -2.22. The summed E-state index contributed by atoms with van der Waals surface area (Å²) in [7, 11) is 1.91. The van der Waals surface area contributed by atoms with E-state index in [1.165, 1.54) is 0 Å². The Bertz CT molecular complexity index is 1980. The van der Waals surface area contributed by atoms with Crippen molar-refractivity contribution in [1.29, 1.82) is 0 Å². The smallest absolute Gasteiger partial charge is 0.137 e. The van der Waals surface area contributed by atoms with Crippen molar-refractivity contribution in [2.45, 2.75) is 26.1 Å². The van der Waals surface area contributed by atoms with Crippen LogP contribution in [0.5, 0.6) is 0 Å². The van der Waals surface area contributed by atoms with Crippen LogP contribution in [0.3, 0.4) is 0 Å². The average Bonchev–Trinajstić information content (AvgIpc) is 3.51. The molecule has 0 N–H and O–H groups in total. The zero-order valence-electron chi connectivity index (χ0n) is 25.1. The van der Waals surface area contributed by atoms with Gasteiger partial charge in [0.05, 0.1) is 28.1 Å². The van der Waals surface area contributed by atoms with Gasteiger partial charge in [0.15, 0.2) is 0 Å². The first kappa shape index (κ1) is 20.4. The van der Waals surface area contributed by atoms with Gasteiger partial charge >= 0.3 is 0 Å². The van der Waals surface area contributed by atoms with Crippen molar-refractivity contribution in [3.8, 4) is 5.82 Å². The van der Waals surface area contributed by atoms with E-state index in [4.69, 9.17) is 9.05 Å². The van der Waals surface area contributed by atoms with E-state index in [1.54, 1.807) is 23.4 Å². The fourth-order valence-electron chi connectivity index (χ4n) is 5.63. The minimum absolute atomic E-state index is 0.267. The van der Waals surface area contributed by atoms with Crippen LogP contribution in [0.4, 0.5) is 17.1 Å². The maximum Gasteiger partial charge on any atom is 0.137 e. The first-order valence-corrected chi connectivity index (χ1v) is 13.0. The SMILES string of the molecule is [2H]C([2H])([2H])c1ccnc(-n2c3ccccc3c3ccc(C(C)(C)c4cccc(N5ON(C)c6ccccc65)c4)cc32)c1. The van der Waals surface area contributed by atoms with E-state index >= 15 is 0 Å². The van der Waals surface area contributed by atoms with Crippen molar-refractivity contribution in [3.63, 3.8) is 0 Å². The van der Waals surface area contributed by atoms with Crippen LogP contribution in [0.25, 0.3) is 27.6 Å². The summed E-state index contributed by atoms with van der Waals surface area (Å²) in [5, 5.41) is 5.81. The Morgan fingerprint density at radius 1 is 0.744 bits per heavy atom. The summed E-state index contributed by atoms with van der Waals surface area (Å²) in [6, 6.07) is 34.5. The molecule has 5 nitrogen and oxygen atoms in total. The number of nitrogens with zero attached hydrogens (tertiary/aromatic N) is 4. The van der Waals surface area contributed by atoms with Gasteiger partial charge in [0.2, 0.25) is 0 Å². The van der Waals surface area contributed by atoms with E-state index in [-0.39, 0.29) is 11.0 Å². The van der Waals surface area contributed by atoms with Crippen LogP contribution in [-0.4, -0.2) is 16.6 Å². The van der Waals surface area contributed by atoms with Crippen LogP contribution in [0.1, 0.15) is 34.7 Å². The molecule has 3 heterocycles. The Morgan fingerprint density at radius 2 is 1.51 bits per heavy atom. The van der Waals surface area contributed by atoms with Gasteiger partial charge in [0.25, 0.3) is 0 Å². The van der Waals surface area contributed by atoms with Crippen LogP contribution in [0.2, 0.25) is 0 Å². The zero-order valence-corrected chi connectivity index (χ0v) is 22.1. The van der Waals surface area contributed by atoms with Crippen LogP contribution in [0.15, 0.2) is 109 Å². The van der Waals surface area contributed by atoms with Gasteiger partial charge in [-0.3, -0.25) is 4.57 Å². The summed E-state index contributed by atoms with van der Waals surface area (Å²) >= 11 is 0. The van der Waals surface area contributed by atoms with Crippen molar-refractivity contribution in [1.82, 2.24) is 9.55 Å². The lowest BCUT2D eigenvalue weighted by atomic mass is 9.77. The molecule has 192 valence electrons. The molecule has 0 radical (unpaired) electrons. The number of aromatic nitrogens is 2. The highest BCUT2D eigenvalue weighted by Gasteiger charge is 2.29. The third kappa shape index (κ3) is 3.69. The number of fused-ring (bicyclic) bond motifs is 4. The number of benzene rings is 4. The molecule has 0 atom stereocenters. The molecule has 0 spiro atoms. The number of hydroxylamine groups is 1. The van der Waals surface area contributed by atoms with Crippen molar-refractivity contribution >= 4 is 38.9 Å². The second-order valence-corrected chi connectivity index (χ2v) is 10.5. The van der Waals surface area contributed by atoms with Crippen LogP contribution >= 0.6 is 0 Å². The fraction of sp³-hybridized carbons (Fsp3) is 0.147. The summed E-state index contributed by atoms with van der Waals surface area (Å²) in [6.45, 7) is 2.22. The minimum Gasteiger partial charge on any atom is -0.294 e. The topological polar surface area (TPSA) is 33.5 Å². The quantitative estimate of drug-likeness (QED) is 0.238. The predicted octanol–water partition coefficient (Wildman–Crippen LogP) is 8.25. The van der Waals surface area contributed by atoms with Gasteiger partial charge in [-0.2, -0.15) is 5.06 Å². The van der Waals surface area contributed by atoms with E-state index in [2.05, 4.69) is 84.1 Å². The van der Waals surface area contributed by atoms with Gasteiger partial charge < -0.3 is 0 Å². The first-order valence-electron chi connectivity index (χ1n) is 14.5. The molecule has 0 aliphatic carbocycles. The average molecular weight is 514 g/mol. The molecule has 0 fully saturated rings. The Balaban J connectivity index is 1.36. The Kier molecular flexibility index (Phi) is 4.55. The molecule has 39 heavy (non-hydrogen) atoms. The summed E-state index contributed by atoms with van der Waals surface area (Å²) in [4.78, 5) is 10.7. The molecule has 6 aromatic rings. The molecule has 0 saturated heterocycles. The van der Waals surface area contributed by atoms with Crippen molar-refractivity contribution in [2.75, 3.05) is 17.2 Å². The third-order valence-corrected chi connectivity index (χ3v) is 7.82. The molecule has 1 aliphatic rings.